The molecule has 3 rings (SSSR count). The lowest BCUT2D eigenvalue weighted by atomic mass is 10.0. The maximum atomic E-state index is 11.6. The van der Waals surface area contributed by atoms with Crippen LogP contribution in [0.1, 0.15) is 5.56 Å². The molecule has 0 aliphatic carbocycles. The van der Waals surface area contributed by atoms with E-state index in [0.717, 1.165) is 0 Å². The summed E-state index contributed by atoms with van der Waals surface area (Å²) in [4.78, 5) is 15.7. The second kappa shape index (κ2) is 5.63. The van der Waals surface area contributed by atoms with Crippen LogP contribution in [0.4, 0.5) is 5.82 Å². The molecule has 0 fully saturated rings. The standard InChI is InChI=1S/C15H15N3O4/c1-21-12-4-2-3-5-13(12)22-10-6-9-7-11(16)15(19)18(20)14(9)17-8-10/h2-6,8,11,20H,7,16H2,1H3/t11-/m0/s1. The van der Waals surface area contributed by atoms with E-state index < -0.39 is 11.9 Å². The first-order chi connectivity index (χ1) is 10.6. The van der Waals surface area contributed by atoms with E-state index in [1.165, 1.54) is 6.20 Å². The Kier molecular flexibility index (Phi) is 3.66. The number of carbonyl (C=O) groups is 1. The Morgan fingerprint density at radius 3 is 2.82 bits per heavy atom. The van der Waals surface area contributed by atoms with Crippen LogP contribution in [0.25, 0.3) is 0 Å². The zero-order chi connectivity index (χ0) is 15.7. The Hall–Kier alpha value is -2.64. The van der Waals surface area contributed by atoms with Crippen LogP contribution in [0, 0.1) is 0 Å². The van der Waals surface area contributed by atoms with Gasteiger partial charge in [-0.3, -0.25) is 10.0 Å². The van der Waals surface area contributed by atoms with Gasteiger partial charge in [-0.05, 0) is 18.2 Å². The van der Waals surface area contributed by atoms with Gasteiger partial charge in [-0.25, -0.2) is 4.98 Å². The molecule has 1 aromatic carbocycles. The number of aromatic nitrogens is 1. The summed E-state index contributed by atoms with van der Waals surface area (Å²) >= 11 is 0. The number of nitrogens with zero attached hydrogens (tertiary/aromatic N) is 2. The van der Waals surface area contributed by atoms with Crippen LogP contribution in [0.2, 0.25) is 0 Å². The second-order valence-electron chi connectivity index (χ2n) is 4.87. The highest BCUT2D eigenvalue weighted by Crippen LogP contribution is 2.33. The Morgan fingerprint density at radius 1 is 1.36 bits per heavy atom. The molecule has 3 N–H and O–H groups in total. The molecule has 7 heteroatoms. The van der Waals surface area contributed by atoms with Gasteiger partial charge in [-0.1, -0.05) is 12.1 Å². The molecule has 2 aromatic rings. The van der Waals surface area contributed by atoms with Gasteiger partial charge in [0.1, 0.15) is 5.75 Å². The van der Waals surface area contributed by atoms with E-state index in [9.17, 15) is 10.0 Å². The number of amides is 1. The van der Waals surface area contributed by atoms with Crippen molar-refractivity contribution in [3.63, 3.8) is 0 Å². The van der Waals surface area contributed by atoms with E-state index in [4.69, 9.17) is 15.2 Å². The van der Waals surface area contributed by atoms with Gasteiger partial charge in [-0.2, -0.15) is 5.06 Å². The summed E-state index contributed by atoms with van der Waals surface area (Å²) in [6, 6.07) is 8.13. The van der Waals surface area contributed by atoms with E-state index in [-0.39, 0.29) is 5.82 Å². The van der Waals surface area contributed by atoms with Crippen molar-refractivity contribution in [3.8, 4) is 17.2 Å². The van der Waals surface area contributed by atoms with Gasteiger partial charge >= 0.3 is 0 Å². The number of hydrogen-bond acceptors (Lipinski definition) is 6. The van der Waals surface area contributed by atoms with E-state index in [2.05, 4.69) is 4.98 Å². The van der Waals surface area contributed by atoms with Gasteiger partial charge in [0.25, 0.3) is 5.91 Å². The molecular weight excluding hydrogens is 286 g/mol. The number of nitrogens with two attached hydrogens (primary N) is 1. The van der Waals surface area contributed by atoms with E-state index >= 15 is 0 Å². The number of anilines is 1. The van der Waals surface area contributed by atoms with Crippen LogP contribution in [-0.4, -0.2) is 29.3 Å². The van der Waals surface area contributed by atoms with Crippen molar-refractivity contribution in [1.29, 1.82) is 0 Å². The molecule has 0 saturated carbocycles. The van der Waals surface area contributed by atoms with Crippen molar-refractivity contribution in [2.75, 3.05) is 12.2 Å². The molecule has 1 aliphatic heterocycles. The molecule has 114 valence electrons. The monoisotopic (exact) mass is 301 g/mol. The first-order valence-corrected chi connectivity index (χ1v) is 6.68. The number of hydrogen-bond donors (Lipinski definition) is 2. The van der Waals surface area contributed by atoms with Crippen molar-refractivity contribution in [3.05, 3.63) is 42.1 Å². The first-order valence-electron chi connectivity index (χ1n) is 6.68. The molecule has 0 unspecified atom stereocenters. The fraction of sp³-hybridized carbons (Fsp3) is 0.200. The largest absolute Gasteiger partial charge is 0.493 e. The summed E-state index contributed by atoms with van der Waals surface area (Å²) in [5.74, 6) is 1.22. The Morgan fingerprint density at radius 2 is 2.09 bits per heavy atom. The average Bonchev–Trinajstić information content (AvgIpc) is 2.53. The number of methoxy groups -OCH3 is 1. The minimum absolute atomic E-state index is 0.180. The summed E-state index contributed by atoms with van der Waals surface area (Å²) in [5, 5.41) is 10.2. The molecule has 1 aromatic heterocycles. The number of carbonyl (C=O) groups excluding carboxylic acids is 1. The lowest BCUT2D eigenvalue weighted by molar-refractivity contribution is -0.125. The summed E-state index contributed by atoms with van der Waals surface area (Å²) in [7, 11) is 1.56. The highest BCUT2D eigenvalue weighted by Gasteiger charge is 2.31. The van der Waals surface area contributed by atoms with Gasteiger partial charge in [0.2, 0.25) is 0 Å². The summed E-state index contributed by atoms with van der Waals surface area (Å²) in [6.07, 6.45) is 1.72. The molecule has 22 heavy (non-hydrogen) atoms. The minimum Gasteiger partial charge on any atom is -0.493 e. The van der Waals surface area contributed by atoms with Crippen LogP contribution < -0.4 is 20.3 Å². The predicted molar refractivity (Wildman–Crippen MR) is 78.3 cm³/mol. The number of para-hydroxylation sites is 2. The number of fused-ring (bicyclic) bond motifs is 1. The lowest BCUT2D eigenvalue weighted by Gasteiger charge is -2.26. The number of hydroxylamine groups is 1. The Balaban J connectivity index is 1.91. The number of ether oxygens (including phenoxy) is 2. The Labute approximate surface area is 126 Å². The molecule has 1 aliphatic rings. The number of pyridine rings is 1. The van der Waals surface area contributed by atoms with Gasteiger partial charge < -0.3 is 15.2 Å². The van der Waals surface area contributed by atoms with Crippen LogP contribution >= 0.6 is 0 Å². The predicted octanol–water partition coefficient (Wildman–Crippen LogP) is 1.49. The van der Waals surface area contributed by atoms with Crippen molar-refractivity contribution in [1.82, 2.24) is 4.98 Å². The van der Waals surface area contributed by atoms with Gasteiger partial charge in [-0.15, -0.1) is 0 Å². The zero-order valence-corrected chi connectivity index (χ0v) is 11.9. The summed E-state index contributed by atoms with van der Waals surface area (Å²) < 4.78 is 11.0. The normalized spacial score (nSPS) is 17.1. The second-order valence-corrected chi connectivity index (χ2v) is 4.87. The third-order valence-corrected chi connectivity index (χ3v) is 3.38. The Bertz CT molecular complexity index is 720. The van der Waals surface area contributed by atoms with E-state index in [1.54, 1.807) is 25.3 Å². The van der Waals surface area contributed by atoms with Crippen LogP contribution in [0.3, 0.4) is 0 Å². The quantitative estimate of drug-likeness (QED) is 0.833. The SMILES string of the molecule is COc1ccccc1Oc1cnc2c(c1)C[C@H](N)C(=O)N2O. The maximum absolute atomic E-state index is 11.6. The molecule has 1 atom stereocenters. The fourth-order valence-electron chi connectivity index (χ4n) is 2.29. The van der Waals surface area contributed by atoms with Crippen LogP contribution in [0.15, 0.2) is 36.5 Å². The minimum atomic E-state index is -0.791. The highest BCUT2D eigenvalue weighted by molar-refractivity contribution is 5.97. The van der Waals surface area contributed by atoms with Crippen LogP contribution in [-0.2, 0) is 11.2 Å². The maximum Gasteiger partial charge on any atom is 0.269 e. The van der Waals surface area contributed by atoms with Gasteiger partial charge in [0.15, 0.2) is 17.3 Å². The smallest absolute Gasteiger partial charge is 0.269 e. The molecule has 0 saturated heterocycles. The highest BCUT2D eigenvalue weighted by atomic mass is 16.5. The van der Waals surface area contributed by atoms with Gasteiger partial charge in [0, 0.05) is 12.0 Å². The van der Waals surface area contributed by atoms with Crippen molar-refractivity contribution in [2.45, 2.75) is 12.5 Å². The molecule has 2 heterocycles. The zero-order valence-electron chi connectivity index (χ0n) is 11.9. The molecular formula is C15H15N3O4. The first kappa shape index (κ1) is 14.3. The van der Waals surface area contributed by atoms with E-state index in [0.29, 0.717) is 34.3 Å². The average molecular weight is 301 g/mol. The summed E-state index contributed by atoms with van der Waals surface area (Å²) in [6.45, 7) is 0. The molecule has 7 nitrogen and oxygen atoms in total. The van der Waals surface area contributed by atoms with Crippen molar-refractivity contribution < 1.29 is 19.5 Å². The third-order valence-electron chi connectivity index (χ3n) is 3.38. The lowest BCUT2D eigenvalue weighted by Crippen LogP contribution is -2.47. The third kappa shape index (κ3) is 2.47. The molecule has 0 spiro atoms. The topological polar surface area (TPSA) is 97.9 Å². The van der Waals surface area contributed by atoms with E-state index in [1.807, 2.05) is 12.1 Å². The van der Waals surface area contributed by atoms with Crippen molar-refractivity contribution in [2.24, 2.45) is 5.73 Å². The van der Waals surface area contributed by atoms with Crippen LogP contribution in [0.5, 0.6) is 17.2 Å². The molecule has 1 amide bonds. The number of rotatable bonds is 3. The summed E-state index contributed by atoms with van der Waals surface area (Å²) in [5.41, 5.74) is 6.33. The molecule has 0 bridgehead atoms. The fourth-order valence-corrected chi connectivity index (χ4v) is 2.29. The van der Waals surface area contributed by atoms with Crippen molar-refractivity contribution >= 4 is 11.7 Å². The van der Waals surface area contributed by atoms with Gasteiger partial charge in [0.05, 0.1) is 19.3 Å². The molecule has 0 radical (unpaired) electrons. The number of benzene rings is 1.